The van der Waals surface area contributed by atoms with Crippen LogP contribution in [-0.2, 0) is 10.0 Å². The quantitative estimate of drug-likeness (QED) is 0.898. The van der Waals surface area contributed by atoms with Gasteiger partial charge in [-0.05, 0) is 40.3 Å². The van der Waals surface area contributed by atoms with Crippen molar-refractivity contribution >= 4 is 33.0 Å². The Kier molecular flexibility index (Phi) is 4.23. The van der Waals surface area contributed by atoms with Crippen molar-refractivity contribution in [2.45, 2.75) is 35.9 Å². The van der Waals surface area contributed by atoms with Crippen LogP contribution in [-0.4, -0.2) is 44.5 Å². The van der Waals surface area contributed by atoms with Crippen molar-refractivity contribution in [1.82, 2.24) is 14.6 Å². The number of aromatic nitrogens is 1. The van der Waals surface area contributed by atoms with Gasteiger partial charge in [-0.1, -0.05) is 22.9 Å². The minimum Gasteiger partial charge on any atom is -0.302 e. The summed E-state index contributed by atoms with van der Waals surface area (Å²) in [6.07, 6.45) is 3.18. The fraction of sp³-hybridized carbons (Fsp3) is 0.727. The van der Waals surface area contributed by atoms with Crippen LogP contribution in [0.5, 0.6) is 0 Å². The number of aryl methyl sites for hydroxylation is 1. The molecule has 5 nitrogen and oxygen atoms in total. The molecule has 0 amide bonds. The highest BCUT2D eigenvalue weighted by Gasteiger charge is 2.40. The summed E-state index contributed by atoms with van der Waals surface area (Å²) in [7, 11) is 0.459. The van der Waals surface area contributed by atoms with Gasteiger partial charge in [0, 0.05) is 12.1 Å². The first-order chi connectivity index (χ1) is 8.77. The Labute approximate surface area is 123 Å². The van der Waals surface area contributed by atoms with Crippen LogP contribution in [0.2, 0.25) is 4.47 Å². The zero-order chi connectivity index (χ0) is 14.3. The fourth-order valence-electron chi connectivity index (χ4n) is 2.26. The highest BCUT2D eigenvalue weighted by Crippen LogP contribution is 2.36. The molecule has 0 spiro atoms. The Morgan fingerprint density at radius 1 is 1.47 bits per heavy atom. The summed E-state index contributed by atoms with van der Waals surface area (Å²) in [6.45, 7) is 2.08. The maximum Gasteiger partial charge on any atom is 0.252 e. The number of likely N-dealkylation sites (N-methyl/N-ethyl adjacent to an activating group) is 1. The summed E-state index contributed by atoms with van der Waals surface area (Å²) < 4.78 is 27.7. The van der Waals surface area contributed by atoms with Gasteiger partial charge in [0.05, 0.1) is 5.69 Å². The number of sulfonamides is 1. The lowest BCUT2D eigenvalue weighted by molar-refractivity contribution is 0.0657. The van der Waals surface area contributed by atoms with Crippen molar-refractivity contribution in [3.63, 3.8) is 0 Å². The lowest BCUT2D eigenvalue weighted by Crippen LogP contribution is -2.57. The molecule has 0 saturated heterocycles. The van der Waals surface area contributed by atoms with Crippen LogP contribution in [0.15, 0.2) is 4.21 Å². The number of hydrogen-bond donors (Lipinski definition) is 1. The van der Waals surface area contributed by atoms with Crippen molar-refractivity contribution in [1.29, 1.82) is 0 Å². The van der Waals surface area contributed by atoms with Gasteiger partial charge in [-0.25, -0.2) is 18.1 Å². The number of rotatable bonds is 5. The minimum absolute atomic E-state index is 0.0462. The van der Waals surface area contributed by atoms with Crippen LogP contribution in [0.3, 0.4) is 0 Å². The van der Waals surface area contributed by atoms with E-state index in [0.717, 1.165) is 30.6 Å². The van der Waals surface area contributed by atoms with Gasteiger partial charge in [0.1, 0.15) is 0 Å². The smallest absolute Gasteiger partial charge is 0.252 e. The topological polar surface area (TPSA) is 62.3 Å². The third-order valence-corrected chi connectivity index (χ3v) is 7.07. The Hall–Kier alpha value is -0.210. The van der Waals surface area contributed by atoms with Crippen LogP contribution in [0.25, 0.3) is 0 Å². The van der Waals surface area contributed by atoms with Crippen LogP contribution in [0.4, 0.5) is 0 Å². The summed E-state index contributed by atoms with van der Waals surface area (Å²) in [4.78, 5) is 6.05. The summed E-state index contributed by atoms with van der Waals surface area (Å²) in [5, 5.41) is 0. The molecule has 1 aliphatic rings. The van der Waals surface area contributed by atoms with E-state index >= 15 is 0 Å². The van der Waals surface area contributed by atoms with E-state index in [9.17, 15) is 8.42 Å². The summed E-state index contributed by atoms with van der Waals surface area (Å²) >= 11 is 6.75. The molecule has 19 heavy (non-hydrogen) atoms. The van der Waals surface area contributed by atoms with Gasteiger partial charge in [0.15, 0.2) is 8.68 Å². The Bertz CT molecular complexity index is 564. The summed E-state index contributed by atoms with van der Waals surface area (Å²) in [5.74, 6) is 0. The number of hydrogen-bond acceptors (Lipinski definition) is 5. The zero-order valence-electron chi connectivity index (χ0n) is 11.2. The van der Waals surface area contributed by atoms with Gasteiger partial charge < -0.3 is 4.90 Å². The summed E-state index contributed by atoms with van der Waals surface area (Å²) in [5.41, 5.74) is 0.408. The second kappa shape index (κ2) is 5.29. The third kappa shape index (κ3) is 2.95. The Morgan fingerprint density at radius 3 is 2.47 bits per heavy atom. The van der Waals surface area contributed by atoms with Crippen LogP contribution in [0, 0.1) is 6.92 Å². The second-order valence-electron chi connectivity index (χ2n) is 5.14. The molecule has 1 aromatic heterocycles. The van der Waals surface area contributed by atoms with E-state index in [4.69, 9.17) is 11.6 Å². The first-order valence-electron chi connectivity index (χ1n) is 6.07. The molecule has 1 aliphatic carbocycles. The number of halogens is 1. The van der Waals surface area contributed by atoms with Crippen molar-refractivity contribution < 1.29 is 8.42 Å². The normalized spacial score (nSPS) is 18.6. The maximum atomic E-state index is 12.3. The first-order valence-corrected chi connectivity index (χ1v) is 8.75. The van der Waals surface area contributed by atoms with Gasteiger partial charge in [-0.3, -0.25) is 0 Å². The monoisotopic (exact) mass is 323 g/mol. The minimum atomic E-state index is -3.52. The van der Waals surface area contributed by atoms with E-state index in [-0.39, 0.29) is 14.2 Å². The van der Waals surface area contributed by atoms with Crippen molar-refractivity contribution in [3.05, 3.63) is 10.2 Å². The third-order valence-electron chi connectivity index (χ3n) is 3.80. The van der Waals surface area contributed by atoms with Gasteiger partial charge in [0.2, 0.25) is 0 Å². The molecule has 0 aromatic carbocycles. The molecule has 0 radical (unpaired) electrons. The molecule has 2 rings (SSSR count). The molecular weight excluding hydrogens is 306 g/mol. The van der Waals surface area contributed by atoms with Crippen molar-refractivity contribution in [2.75, 3.05) is 20.6 Å². The number of thiazole rings is 1. The van der Waals surface area contributed by atoms with Crippen molar-refractivity contribution in [3.8, 4) is 0 Å². The van der Waals surface area contributed by atoms with Crippen molar-refractivity contribution in [2.24, 2.45) is 0 Å². The molecule has 0 aliphatic heterocycles. The zero-order valence-corrected chi connectivity index (χ0v) is 13.6. The van der Waals surface area contributed by atoms with E-state index in [1.165, 1.54) is 0 Å². The SMILES string of the molecule is Cc1nc(Cl)sc1S(=O)(=O)NCC1(N(C)C)CCC1. The predicted octanol–water partition coefficient (Wildman–Crippen LogP) is 1.87. The average molecular weight is 324 g/mol. The maximum absolute atomic E-state index is 12.3. The van der Waals surface area contributed by atoms with Gasteiger partial charge >= 0.3 is 0 Å². The highest BCUT2D eigenvalue weighted by atomic mass is 35.5. The lowest BCUT2D eigenvalue weighted by Gasteiger charge is -2.47. The molecule has 0 unspecified atom stereocenters. The predicted molar refractivity (Wildman–Crippen MR) is 77.3 cm³/mol. The molecule has 1 N–H and O–H groups in total. The van der Waals surface area contributed by atoms with E-state index in [1.54, 1.807) is 6.92 Å². The molecule has 0 bridgehead atoms. The molecular formula is C11H18ClN3O2S2. The van der Waals surface area contributed by atoms with E-state index < -0.39 is 10.0 Å². The van der Waals surface area contributed by atoms with Gasteiger partial charge in [-0.2, -0.15) is 0 Å². The van der Waals surface area contributed by atoms with Gasteiger partial charge in [0.25, 0.3) is 10.0 Å². The van der Waals surface area contributed by atoms with E-state index in [0.29, 0.717) is 12.2 Å². The lowest BCUT2D eigenvalue weighted by atomic mass is 9.76. The largest absolute Gasteiger partial charge is 0.302 e. The van der Waals surface area contributed by atoms with Crippen LogP contribution in [0.1, 0.15) is 25.0 Å². The molecule has 1 fully saturated rings. The van der Waals surface area contributed by atoms with Crippen LogP contribution < -0.4 is 4.72 Å². The average Bonchev–Trinajstić information content (AvgIpc) is 2.56. The Morgan fingerprint density at radius 2 is 2.11 bits per heavy atom. The van der Waals surface area contributed by atoms with E-state index in [2.05, 4.69) is 14.6 Å². The molecule has 108 valence electrons. The Balaban J connectivity index is 2.12. The molecule has 1 saturated carbocycles. The fourth-order valence-corrected chi connectivity index (χ4v) is 5.16. The second-order valence-corrected chi connectivity index (χ2v) is 8.68. The number of nitrogens with zero attached hydrogens (tertiary/aromatic N) is 2. The molecule has 0 atom stereocenters. The summed E-state index contributed by atoms with van der Waals surface area (Å²) in [6, 6.07) is 0. The van der Waals surface area contributed by atoms with Crippen LogP contribution >= 0.6 is 22.9 Å². The first kappa shape index (κ1) is 15.2. The van der Waals surface area contributed by atoms with E-state index in [1.807, 2.05) is 14.1 Å². The molecule has 1 heterocycles. The molecule has 1 aromatic rings. The molecule has 8 heteroatoms. The van der Waals surface area contributed by atoms with Gasteiger partial charge in [-0.15, -0.1) is 0 Å². The standard InChI is InChI=1S/C11H18ClN3O2S2/c1-8-9(18-10(12)14-8)19(16,17)13-7-11(15(2)3)5-4-6-11/h13H,4-7H2,1-3H3. The number of nitrogens with one attached hydrogen (secondary N) is 1. The highest BCUT2D eigenvalue weighted by molar-refractivity contribution is 7.91.